The highest BCUT2D eigenvalue weighted by Gasteiger charge is 2.58. The van der Waals surface area contributed by atoms with E-state index in [1.54, 1.807) is 11.1 Å². The fourth-order valence-electron chi connectivity index (χ4n) is 14.4. The fourth-order valence-corrected chi connectivity index (χ4v) is 16.7. The molecule has 1 nitrogen and oxygen atoms in total. The van der Waals surface area contributed by atoms with Crippen LogP contribution in [-0.4, -0.2) is 6.71 Å². The highest BCUT2D eigenvalue weighted by atomic mass is 31.1. The van der Waals surface area contributed by atoms with Gasteiger partial charge in [0, 0.05) is 10.8 Å². The Balaban J connectivity index is 0.867. The molecule has 0 aliphatic heterocycles. The minimum absolute atomic E-state index is 0.113. The summed E-state index contributed by atoms with van der Waals surface area (Å²) in [6, 6.07) is 65.4. The molecular formula is C64H60BOP. The number of hydrogen-bond acceptors (Lipinski definition) is 1. The third kappa shape index (κ3) is 7.34. The van der Waals surface area contributed by atoms with Crippen molar-refractivity contribution in [3.8, 4) is 11.1 Å². The molecule has 1 heterocycles. The monoisotopic (exact) mass is 886 g/mol. The molecule has 4 aliphatic carbocycles. The van der Waals surface area contributed by atoms with Crippen LogP contribution in [0, 0.1) is 53.4 Å². The van der Waals surface area contributed by atoms with E-state index < -0.39 is 7.92 Å². The molecule has 4 fully saturated rings. The van der Waals surface area contributed by atoms with Gasteiger partial charge in [-0.15, -0.1) is 0 Å². The van der Waals surface area contributed by atoms with Gasteiger partial charge in [0.2, 0.25) is 6.71 Å². The highest BCUT2D eigenvalue weighted by Crippen LogP contribution is 2.66. The average Bonchev–Trinajstić information content (AvgIpc) is 3.68. The SMILES string of the molecule is Cc1cc(C)c(B(c2ccc3oc4ccc(-c5ccc(C67CC8CC(C6)CC(c6ccc(P(c9ccccc9)c9ccccc9)cc6)(C8)C7)cc5)cc4c3c2)c2c(C)cc(C)cc2C)c(C)c1. The summed E-state index contributed by atoms with van der Waals surface area (Å²) in [6.45, 7) is 13.7. The molecule has 330 valence electrons. The first-order valence-corrected chi connectivity index (χ1v) is 26.1. The Hall–Kier alpha value is -5.95. The van der Waals surface area contributed by atoms with Crippen molar-refractivity contribution in [3.63, 3.8) is 0 Å². The van der Waals surface area contributed by atoms with Crippen LogP contribution in [0.3, 0.4) is 0 Å². The Morgan fingerprint density at radius 2 is 0.881 bits per heavy atom. The van der Waals surface area contributed by atoms with E-state index in [-0.39, 0.29) is 17.5 Å². The zero-order valence-electron chi connectivity index (χ0n) is 40.0. The lowest BCUT2D eigenvalue weighted by atomic mass is 9.34. The summed E-state index contributed by atoms with van der Waals surface area (Å²) >= 11 is 0. The molecule has 67 heavy (non-hydrogen) atoms. The first-order chi connectivity index (χ1) is 32.5. The number of benzene rings is 8. The molecule has 8 aromatic carbocycles. The van der Waals surface area contributed by atoms with Crippen LogP contribution in [0.15, 0.2) is 174 Å². The maximum Gasteiger partial charge on any atom is 0.242 e. The van der Waals surface area contributed by atoms with E-state index in [0.717, 1.165) is 23.0 Å². The molecule has 4 aliphatic rings. The van der Waals surface area contributed by atoms with Crippen LogP contribution in [0.25, 0.3) is 33.1 Å². The number of aryl methyl sites for hydroxylation is 6. The maximum atomic E-state index is 6.58. The lowest BCUT2D eigenvalue weighted by Crippen LogP contribution is -2.55. The molecule has 0 spiro atoms. The molecule has 3 heteroatoms. The van der Waals surface area contributed by atoms with Gasteiger partial charge >= 0.3 is 0 Å². The fraction of sp³-hybridized carbons (Fsp3) is 0.250. The van der Waals surface area contributed by atoms with Crippen molar-refractivity contribution in [2.45, 2.75) is 90.9 Å². The van der Waals surface area contributed by atoms with Crippen LogP contribution in [0.1, 0.15) is 83.0 Å². The van der Waals surface area contributed by atoms with Crippen molar-refractivity contribution in [2.24, 2.45) is 11.8 Å². The molecule has 9 aromatic rings. The molecule has 0 radical (unpaired) electrons. The number of furan rings is 1. The van der Waals surface area contributed by atoms with Crippen LogP contribution < -0.4 is 32.3 Å². The third-order valence-electron chi connectivity index (χ3n) is 16.5. The smallest absolute Gasteiger partial charge is 0.242 e. The summed E-state index contributed by atoms with van der Waals surface area (Å²) in [7, 11) is -0.611. The van der Waals surface area contributed by atoms with Crippen LogP contribution in [0.5, 0.6) is 0 Å². The summed E-state index contributed by atoms with van der Waals surface area (Å²) in [5.41, 5.74) is 20.2. The summed E-state index contributed by atoms with van der Waals surface area (Å²) in [4.78, 5) is 0. The van der Waals surface area contributed by atoms with Crippen molar-refractivity contribution >= 4 is 68.9 Å². The summed E-state index contributed by atoms with van der Waals surface area (Å²) in [6.07, 6.45) is 8.00. The first kappa shape index (κ1) is 42.4. The lowest BCUT2D eigenvalue weighted by Gasteiger charge is -2.63. The number of fused-ring (bicyclic) bond motifs is 3. The Bertz CT molecular complexity index is 3170. The zero-order chi connectivity index (χ0) is 45.6. The van der Waals surface area contributed by atoms with Gasteiger partial charge in [0.05, 0.1) is 0 Å². The summed E-state index contributed by atoms with van der Waals surface area (Å²) in [5, 5.41) is 6.64. The van der Waals surface area contributed by atoms with Gasteiger partial charge in [0.1, 0.15) is 11.2 Å². The highest BCUT2D eigenvalue weighted by molar-refractivity contribution is 7.79. The molecule has 0 amide bonds. The quantitative estimate of drug-likeness (QED) is 0.104. The number of rotatable bonds is 9. The van der Waals surface area contributed by atoms with Crippen LogP contribution in [0.4, 0.5) is 0 Å². The van der Waals surface area contributed by atoms with Gasteiger partial charge in [0.15, 0.2) is 0 Å². The Morgan fingerprint density at radius 3 is 1.39 bits per heavy atom. The second-order valence-electron chi connectivity index (χ2n) is 21.3. The van der Waals surface area contributed by atoms with Gasteiger partial charge < -0.3 is 4.42 Å². The van der Waals surface area contributed by atoms with Crippen molar-refractivity contribution in [2.75, 3.05) is 0 Å². The molecule has 4 bridgehead atoms. The maximum absolute atomic E-state index is 6.58. The molecular weight excluding hydrogens is 826 g/mol. The van der Waals surface area contributed by atoms with Gasteiger partial charge in [0.25, 0.3) is 0 Å². The van der Waals surface area contributed by atoms with Gasteiger partial charge in [-0.25, -0.2) is 0 Å². The normalized spacial score (nSPS) is 20.9. The molecule has 2 atom stereocenters. The Morgan fingerprint density at radius 1 is 0.448 bits per heavy atom. The minimum atomic E-state index is -0.611. The largest absolute Gasteiger partial charge is 0.456 e. The summed E-state index contributed by atoms with van der Waals surface area (Å²) < 4.78 is 6.58. The van der Waals surface area contributed by atoms with E-state index in [9.17, 15) is 0 Å². The van der Waals surface area contributed by atoms with Gasteiger partial charge in [-0.2, -0.15) is 0 Å². The van der Waals surface area contributed by atoms with Crippen molar-refractivity contribution < 1.29 is 4.42 Å². The van der Waals surface area contributed by atoms with Crippen molar-refractivity contribution in [1.82, 2.24) is 0 Å². The van der Waals surface area contributed by atoms with Crippen LogP contribution in [-0.2, 0) is 10.8 Å². The predicted molar refractivity (Wildman–Crippen MR) is 288 cm³/mol. The van der Waals surface area contributed by atoms with Crippen LogP contribution in [0.2, 0.25) is 0 Å². The van der Waals surface area contributed by atoms with Crippen LogP contribution >= 0.6 is 7.92 Å². The molecule has 2 unspecified atom stereocenters. The predicted octanol–water partition coefficient (Wildman–Crippen LogP) is 13.2. The molecule has 13 rings (SSSR count). The van der Waals surface area contributed by atoms with E-state index >= 15 is 0 Å². The van der Waals surface area contributed by atoms with E-state index in [1.807, 2.05) is 0 Å². The van der Waals surface area contributed by atoms with Crippen molar-refractivity contribution in [3.05, 3.63) is 214 Å². The van der Waals surface area contributed by atoms with E-state index in [4.69, 9.17) is 4.42 Å². The zero-order valence-corrected chi connectivity index (χ0v) is 40.9. The van der Waals surface area contributed by atoms with Gasteiger partial charge in [-0.1, -0.05) is 201 Å². The molecule has 4 saturated carbocycles. The summed E-state index contributed by atoms with van der Waals surface area (Å²) in [5.74, 6) is 1.59. The minimum Gasteiger partial charge on any atom is -0.456 e. The second-order valence-corrected chi connectivity index (χ2v) is 23.5. The first-order valence-electron chi connectivity index (χ1n) is 24.8. The Labute approximate surface area is 399 Å². The van der Waals surface area contributed by atoms with Gasteiger partial charge in [-0.3, -0.25) is 0 Å². The van der Waals surface area contributed by atoms with Gasteiger partial charge in [-0.05, 0) is 167 Å². The van der Waals surface area contributed by atoms with E-state index in [0.29, 0.717) is 0 Å². The van der Waals surface area contributed by atoms with Crippen molar-refractivity contribution in [1.29, 1.82) is 0 Å². The third-order valence-corrected chi connectivity index (χ3v) is 19.0. The molecule has 1 aromatic heterocycles. The van der Waals surface area contributed by atoms with E-state index in [2.05, 4.69) is 211 Å². The van der Waals surface area contributed by atoms with E-state index in [1.165, 1.54) is 126 Å². The molecule has 0 saturated heterocycles. The average molecular weight is 887 g/mol. The second kappa shape index (κ2) is 16.4. The lowest BCUT2D eigenvalue weighted by molar-refractivity contribution is -0.0281. The Kier molecular flexibility index (Phi) is 10.4. The topological polar surface area (TPSA) is 13.1 Å². The number of hydrogen-bond donors (Lipinski definition) is 0. The standard InChI is InChI=1S/C64H60BOP/c1-41-29-43(3)61(44(4)30-41)65(62-45(5)31-42(2)32-46(62)6)53-24-28-60-58(35-53)57-34-50(19-27-59(57)66-60)49-17-20-51(21-18-49)63-36-47-33-48(37-63)39-64(38-47,40-63)52-22-25-56(26-23-52)67(54-13-9-7-10-14-54)55-15-11-8-12-16-55/h7-32,34-35,47-48H,33,36-40H2,1-6H3. The molecule has 0 N–H and O–H groups in total.